The van der Waals surface area contributed by atoms with Crippen LogP contribution in [0.4, 0.5) is 0 Å². The SMILES string of the molecule is O=C(CCC1CCCCC1)NN1C(=O)[C@@H]2[C@H](C1=O)[C@H]1CC[C@@H]2O1. The maximum absolute atomic E-state index is 12.4. The Labute approximate surface area is 135 Å². The van der Waals surface area contributed by atoms with Crippen LogP contribution < -0.4 is 5.43 Å². The maximum Gasteiger partial charge on any atom is 0.254 e. The second-order valence-electron chi connectivity index (χ2n) is 7.43. The van der Waals surface area contributed by atoms with Gasteiger partial charge in [-0.2, -0.15) is 5.01 Å². The van der Waals surface area contributed by atoms with Gasteiger partial charge in [0.1, 0.15) is 0 Å². The van der Waals surface area contributed by atoms with Crippen LogP contribution in [0.15, 0.2) is 0 Å². The highest BCUT2D eigenvalue weighted by molar-refractivity contribution is 6.07. The molecule has 2 bridgehead atoms. The van der Waals surface area contributed by atoms with Crippen LogP contribution in [-0.2, 0) is 19.1 Å². The standard InChI is InChI=1S/C17H24N2O4/c20-13(9-6-10-4-2-1-3-5-10)18-19-16(21)14-11-7-8-12(23-11)15(14)17(19)22/h10-12,14-15H,1-9H2,(H,18,20)/t11-,12+,14-,15+. The Morgan fingerprint density at radius 2 is 1.61 bits per heavy atom. The van der Waals surface area contributed by atoms with Crippen molar-refractivity contribution in [3.63, 3.8) is 0 Å². The van der Waals surface area contributed by atoms with Crippen LogP contribution in [0.1, 0.15) is 57.8 Å². The first-order valence-electron chi connectivity index (χ1n) is 8.98. The fourth-order valence-electron chi connectivity index (χ4n) is 4.81. The molecule has 0 unspecified atom stereocenters. The van der Waals surface area contributed by atoms with Gasteiger partial charge in [-0.1, -0.05) is 32.1 Å². The van der Waals surface area contributed by atoms with Crippen molar-refractivity contribution in [3.05, 3.63) is 0 Å². The van der Waals surface area contributed by atoms with Crippen LogP contribution >= 0.6 is 0 Å². The summed E-state index contributed by atoms with van der Waals surface area (Å²) in [4.78, 5) is 37.0. The molecule has 6 nitrogen and oxygen atoms in total. The number of amides is 3. The van der Waals surface area contributed by atoms with E-state index in [9.17, 15) is 14.4 Å². The number of carbonyl (C=O) groups is 3. The lowest BCUT2D eigenvalue weighted by molar-refractivity contribution is -0.151. The average Bonchev–Trinajstić information content (AvgIpc) is 3.24. The summed E-state index contributed by atoms with van der Waals surface area (Å²) in [5.41, 5.74) is 2.56. The zero-order valence-electron chi connectivity index (χ0n) is 13.3. The van der Waals surface area contributed by atoms with Crippen LogP contribution in [0, 0.1) is 17.8 Å². The first-order valence-corrected chi connectivity index (χ1v) is 8.98. The van der Waals surface area contributed by atoms with Crippen LogP contribution in [-0.4, -0.2) is 34.9 Å². The molecule has 3 heterocycles. The fraction of sp³-hybridized carbons (Fsp3) is 0.824. The smallest absolute Gasteiger partial charge is 0.254 e. The Morgan fingerprint density at radius 3 is 2.22 bits per heavy atom. The van der Waals surface area contributed by atoms with Gasteiger partial charge >= 0.3 is 0 Å². The highest BCUT2D eigenvalue weighted by Crippen LogP contribution is 2.48. The molecule has 1 aliphatic carbocycles. The molecule has 0 spiro atoms. The molecule has 0 aromatic rings. The van der Waals surface area contributed by atoms with Gasteiger partial charge in [0.2, 0.25) is 5.91 Å². The molecule has 4 aliphatic rings. The van der Waals surface area contributed by atoms with Crippen LogP contribution in [0.2, 0.25) is 0 Å². The monoisotopic (exact) mass is 320 g/mol. The lowest BCUT2D eigenvalue weighted by Crippen LogP contribution is -2.47. The third kappa shape index (κ3) is 2.57. The summed E-state index contributed by atoms with van der Waals surface area (Å²) in [6.45, 7) is 0. The minimum atomic E-state index is -0.375. The molecule has 0 aromatic carbocycles. The number of hydrazine groups is 1. The van der Waals surface area contributed by atoms with E-state index in [1.807, 2.05) is 0 Å². The zero-order chi connectivity index (χ0) is 16.0. The Hall–Kier alpha value is -1.43. The summed E-state index contributed by atoms with van der Waals surface area (Å²) in [7, 11) is 0. The Morgan fingerprint density at radius 1 is 1.00 bits per heavy atom. The molecule has 3 saturated heterocycles. The van der Waals surface area contributed by atoms with E-state index >= 15 is 0 Å². The molecular weight excluding hydrogens is 296 g/mol. The summed E-state index contributed by atoms with van der Waals surface area (Å²) < 4.78 is 5.68. The second kappa shape index (κ2) is 5.89. The molecule has 23 heavy (non-hydrogen) atoms. The minimum Gasteiger partial charge on any atom is -0.373 e. The second-order valence-corrected chi connectivity index (χ2v) is 7.43. The van der Waals surface area contributed by atoms with E-state index < -0.39 is 0 Å². The highest BCUT2D eigenvalue weighted by Gasteiger charge is 2.62. The minimum absolute atomic E-state index is 0.134. The number of carbonyl (C=O) groups excluding carboxylic acids is 3. The fourth-order valence-corrected chi connectivity index (χ4v) is 4.81. The van der Waals surface area contributed by atoms with Gasteiger partial charge < -0.3 is 4.74 Å². The van der Waals surface area contributed by atoms with E-state index in [2.05, 4.69) is 5.43 Å². The van der Waals surface area contributed by atoms with Crippen LogP contribution in [0.25, 0.3) is 0 Å². The van der Waals surface area contributed by atoms with Crippen molar-refractivity contribution in [1.82, 2.24) is 10.4 Å². The number of hydrogen-bond donors (Lipinski definition) is 1. The molecule has 4 rings (SSSR count). The molecule has 4 fully saturated rings. The van der Waals surface area contributed by atoms with E-state index in [-0.39, 0.29) is 41.8 Å². The molecule has 1 N–H and O–H groups in total. The molecule has 1 saturated carbocycles. The van der Waals surface area contributed by atoms with Gasteiger partial charge in [0, 0.05) is 6.42 Å². The third-order valence-corrected chi connectivity index (χ3v) is 6.03. The summed E-state index contributed by atoms with van der Waals surface area (Å²) in [6, 6.07) is 0. The van der Waals surface area contributed by atoms with Gasteiger partial charge in [-0.3, -0.25) is 19.8 Å². The van der Waals surface area contributed by atoms with Crippen molar-refractivity contribution in [2.45, 2.75) is 70.0 Å². The van der Waals surface area contributed by atoms with Crippen molar-refractivity contribution in [1.29, 1.82) is 0 Å². The first-order chi connectivity index (χ1) is 11.1. The zero-order valence-corrected chi connectivity index (χ0v) is 13.3. The van der Waals surface area contributed by atoms with Gasteiger partial charge in [-0.05, 0) is 25.2 Å². The van der Waals surface area contributed by atoms with Crippen molar-refractivity contribution in [2.24, 2.45) is 17.8 Å². The molecule has 0 radical (unpaired) electrons. The number of nitrogens with one attached hydrogen (secondary N) is 1. The number of ether oxygens (including phenoxy) is 1. The van der Waals surface area contributed by atoms with E-state index in [1.165, 1.54) is 32.1 Å². The van der Waals surface area contributed by atoms with Crippen molar-refractivity contribution in [3.8, 4) is 0 Å². The molecule has 0 aromatic heterocycles. The van der Waals surface area contributed by atoms with E-state index in [4.69, 9.17) is 4.74 Å². The lowest BCUT2D eigenvalue weighted by Gasteiger charge is -2.22. The predicted octanol–water partition coefficient (Wildman–Crippen LogP) is 1.54. The van der Waals surface area contributed by atoms with Gasteiger partial charge in [-0.15, -0.1) is 0 Å². The molecule has 4 atom stereocenters. The lowest BCUT2D eigenvalue weighted by atomic mass is 9.81. The Balaban J connectivity index is 1.33. The van der Waals surface area contributed by atoms with Gasteiger partial charge in [0.05, 0.1) is 24.0 Å². The number of hydrogen-bond acceptors (Lipinski definition) is 4. The van der Waals surface area contributed by atoms with E-state index in [0.717, 1.165) is 24.3 Å². The molecule has 3 aliphatic heterocycles. The quantitative estimate of drug-likeness (QED) is 0.797. The van der Waals surface area contributed by atoms with E-state index in [0.29, 0.717) is 12.3 Å². The van der Waals surface area contributed by atoms with Crippen molar-refractivity contribution in [2.75, 3.05) is 0 Å². The molecule has 3 amide bonds. The number of fused-ring (bicyclic) bond motifs is 5. The molecular formula is C17H24N2O4. The number of rotatable bonds is 4. The summed E-state index contributed by atoms with van der Waals surface area (Å²) in [6.07, 6.45) is 8.85. The Kier molecular flexibility index (Phi) is 3.87. The van der Waals surface area contributed by atoms with Crippen LogP contribution in [0.5, 0.6) is 0 Å². The number of nitrogens with zero attached hydrogens (tertiary/aromatic N) is 1. The topological polar surface area (TPSA) is 75.7 Å². The molecule has 6 heteroatoms. The average molecular weight is 320 g/mol. The van der Waals surface area contributed by atoms with Crippen molar-refractivity contribution < 1.29 is 19.1 Å². The van der Waals surface area contributed by atoms with Gasteiger partial charge in [0.15, 0.2) is 0 Å². The number of imide groups is 1. The first kappa shape index (κ1) is 15.1. The van der Waals surface area contributed by atoms with Gasteiger partial charge in [0.25, 0.3) is 11.8 Å². The third-order valence-electron chi connectivity index (χ3n) is 6.03. The van der Waals surface area contributed by atoms with Gasteiger partial charge in [-0.25, -0.2) is 0 Å². The predicted molar refractivity (Wildman–Crippen MR) is 80.7 cm³/mol. The van der Waals surface area contributed by atoms with E-state index in [1.54, 1.807) is 0 Å². The summed E-state index contributed by atoms with van der Waals surface area (Å²) in [5, 5.41) is 0.979. The largest absolute Gasteiger partial charge is 0.373 e. The van der Waals surface area contributed by atoms with Crippen molar-refractivity contribution >= 4 is 17.7 Å². The maximum atomic E-state index is 12.4. The molecule has 126 valence electrons. The summed E-state index contributed by atoms with van der Waals surface area (Å²) in [5.74, 6) is -0.912. The Bertz CT molecular complexity index is 501. The normalized spacial score (nSPS) is 36.6. The highest BCUT2D eigenvalue weighted by atomic mass is 16.5. The summed E-state index contributed by atoms with van der Waals surface area (Å²) >= 11 is 0. The van der Waals surface area contributed by atoms with Crippen LogP contribution in [0.3, 0.4) is 0 Å².